The average Bonchev–Trinajstić information content (AvgIpc) is 0.845. The standard InChI is InChI=1S/C23H42NO2.C9H13NO.C8H22N2.C7H18N.C7H8O2.C6H4Cl2O.C6H16NO.C5H7F3O2.3CH2O3/c1-2-3-4-5-6-7-8-9-10-14-17-24(18-20-25,19-21-26)22-23-15-12-11-13-16-23;1-10(2,3)8-4-6-9(11)7-5-8;1-9(2,3)7-8-10(4,5)6;1-7(2,3)8(4,5)6;1-9-7-4-2-3-6(8)5-7;7-4-1-2-6(9)5(8)3-4;1-6(8)5-7(2,3)4;1-3(9)4(2,10)5(6,7)8;3*2-1(3)4/h11-13,15-16,25-26H,2-10,14,17-22H2,1H3;4-7H,1-3H3;7-8H2,1-6H3;1-6H3;2-5,8H,1H3;1-3,9H;6,8H,5H2,1-4H3;10H,1-2H3;3*(H2,2,3,4)/q+1;;+2;+1;;;+1;;;;. The topological polar surface area (TPSA) is 343 Å². The van der Waals surface area contributed by atoms with E-state index in [9.17, 15) is 33.3 Å². The number of phenols is 2. The van der Waals surface area contributed by atoms with Crippen LogP contribution in [0.5, 0.6) is 23.0 Å². The van der Waals surface area contributed by atoms with Crippen LogP contribution < -0.4 is 14.3 Å². The minimum absolute atomic E-state index is 0.0191. The number of methoxy groups -OCH3 is 1. The minimum atomic E-state index is -4.88. The number of carbonyl (C=O) groups is 4. The van der Waals surface area contributed by atoms with Gasteiger partial charge in [0.2, 0.25) is 5.60 Å². The number of ketones is 1. The van der Waals surface area contributed by atoms with Gasteiger partial charge in [-0.3, -0.25) is 9.28 Å². The van der Waals surface area contributed by atoms with Gasteiger partial charge in [0.25, 0.3) is 0 Å². The van der Waals surface area contributed by atoms with Crippen LogP contribution in [-0.4, -0.2) is 297 Å². The predicted molar refractivity (Wildman–Crippen MR) is 407 cm³/mol. The zero-order chi connectivity index (χ0) is 82.5. The Morgan fingerprint density at radius 2 is 0.942 bits per heavy atom. The molecule has 0 spiro atoms. The quantitative estimate of drug-likeness (QED) is 0.0217. The second-order valence-corrected chi connectivity index (χ2v) is 30.9. The van der Waals surface area contributed by atoms with Gasteiger partial charge in [0.05, 0.1) is 143 Å². The van der Waals surface area contributed by atoms with E-state index >= 15 is 0 Å². The van der Waals surface area contributed by atoms with Crippen molar-refractivity contribution in [1.82, 2.24) is 4.48 Å². The highest BCUT2D eigenvalue weighted by Gasteiger charge is 2.53. The number of aliphatic hydroxyl groups is 4. The Morgan fingerprint density at radius 3 is 1.19 bits per heavy atom. The summed E-state index contributed by atoms with van der Waals surface area (Å²) >= 11 is 11.0. The number of rotatable bonds is 25. The molecule has 12 N–H and O–H groups in total. The van der Waals surface area contributed by atoms with Crippen LogP contribution in [0, 0.1) is 0 Å². The van der Waals surface area contributed by atoms with E-state index in [-0.39, 0.29) is 35.8 Å². The Hall–Kier alpha value is -6.47. The largest absolute Gasteiger partial charge is 0.872 e. The van der Waals surface area contributed by atoms with Crippen molar-refractivity contribution < 1.29 is 126 Å². The lowest BCUT2D eigenvalue weighted by molar-refractivity contribution is -0.941. The average molecular weight is 1530 g/mol. The lowest BCUT2D eigenvalue weighted by Crippen LogP contribution is -2.51. The highest BCUT2D eigenvalue weighted by molar-refractivity contribution is 6.35. The maximum Gasteiger partial charge on any atom is 0.503 e. The number of aliphatic hydroxyl groups excluding tert-OH is 3. The molecule has 2 unspecified atom stereocenters. The molecular weight excluding hydrogens is 1390 g/mol. The number of hydrogen-bond donors (Lipinski definition) is 12. The summed E-state index contributed by atoms with van der Waals surface area (Å²) in [6.07, 6.45) is 2.83. The van der Waals surface area contributed by atoms with Crippen molar-refractivity contribution in [1.29, 1.82) is 0 Å². The zero-order valence-electron chi connectivity index (χ0n) is 66.1. The number of hydrogen-bond acceptors (Lipinski definition) is 12. The van der Waals surface area contributed by atoms with Gasteiger partial charge in [-0.15, -0.1) is 5.75 Å². The van der Waals surface area contributed by atoms with Crippen molar-refractivity contribution in [3.63, 3.8) is 0 Å². The number of carboxylic acid groups (broad SMARTS) is 6. The van der Waals surface area contributed by atoms with Gasteiger partial charge in [-0.1, -0.05) is 124 Å². The van der Waals surface area contributed by atoms with Gasteiger partial charge in [-0.25, -0.2) is 14.4 Å². The van der Waals surface area contributed by atoms with Gasteiger partial charge in [-0.05, 0) is 96.8 Å². The first-order valence-corrected chi connectivity index (χ1v) is 34.4. The van der Waals surface area contributed by atoms with E-state index in [4.69, 9.17) is 93.4 Å². The van der Waals surface area contributed by atoms with Crippen molar-refractivity contribution >= 4 is 53.1 Å². The Bertz CT molecular complexity index is 2710. The van der Waals surface area contributed by atoms with Gasteiger partial charge in [-0.2, -0.15) is 13.2 Å². The number of Topliss-reactive ketones (excluding diaryl/α,β-unsaturated/α-hetero) is 1. The molecule has 0 heterocycles. The molecule has 2 atom stereocenters. The monoisotopic (exact) mass is 1520 g/mol. The lowest BCUT2D eigenvalue weighted by atomic mass is 10.0. The molecule has 4 aromatic rings. The fourth-order valence-electron chi connectivity index (χ4n) is 7.48. The maximum atomic E-state index is 11.6. The molecule has 0 aliphatic carbocycles. The SMILES string of the molecule is CC(=O)C(C)(O)C(F)(F)F.CC(C)(C)[N+](C)(C)C.CC(O)C[N+](C)(C)C.CCCCCCCCCCCC[N+](CCO)(CCO)Cc1ccccc1.COc1cccc([O-])c1.C[N+](C)(C)CC[N+](C)(C)C.C[N+](C)(C)c1ccc(O)cc1.O=C(O)O.O=C(O)O.O=C(O)O.Oc1ccc(Cl)cc1Cl. The van der Waals surface area contributed by atoms with Gasteiger partial charge >= 0.3 is 24.6 Å². The van der Waals surface area contributed by atoms with E-state index in [0.29, 0.717) is 35.9 Å². The number of likely N-dealkylation sites (N-methyl/N-ethyl adjacent to an activating group) is 3. The van der Waals surface area contributed by atoms with E-state index in [1.54, 1.807) is 30.3 Å². The van der Waals surface area contributed by atoms with Crippen LogP contribution in [-0.2, 0) is 11.3 Å². The normalized spacial score (nSPS) is 12.0. The molecule has 0 radical (unpaired) electrons. The smallest absolute Gasteiger partial charge is 0.503 e. The second-order valence-electron chi connectivity index (χ2n) is 30.1. The van der Waals surface area contributed by atoms with E-state index < -0.39 is 36.0 Å². The molecule has 0 aliphatic heterocycles. The van der Waals surface area contributed by atoms with Crippen molar-refractivity contribution in [2.75, 3.05) is 165 Å². The summed E-state index contributed by atoms with van der Waals surface area (Å²) in [7, 11) is 34.0. The number of halogens is 5. The first kappa shape index (κ1) is 110. The van der Waals surface area contributed by atoms with Gasteiger partial charge in [0.1, 0.15) is 68.3 Å². The zero-order valence-corrected chi connectivity index (χ0v) is 67.7. The summed E-state index contributed by atoms with van der Waals surface area (Å²) in [4.78, 5) is 35.8. The van der Waals surface area contributed by atoms with Gasteiger partial charge in [0.15, 0.2) is 5.78 Å². The number of aromatic hydroxyl groups is 2. The summed E-state index contributed by atoms with van der Waals surface area (Å²) < 4.78 is 45.2. The van der Waals surface area contributed by atoms with E-state index in [2.05, 4.69) is 158 Å². The minimum Gasteiger partial charge on any atom is -0.872 e. The molecule has 24 nitrogen and oxygen atoms in total. The summed E-state index contributed by atoms with van der Waals surface area (Å²) in [5.74, 6) is -0.333. The Morgan fingerprint density at radius 1 is 0.553 bits per heavy atom. The van der Waals surface area contributed by atoms with Crippen LogP contribution in [0.15, 0.2) is 97.1 Å². The summed E-state index contributed by atoms with van der Waals surface area (Å²) in [5, 5.41) is 108. The molecule has 29 heteroatoms. The molecule has 0 aromatic heterocycles. The summed E-state index contributed by atoms with van der Waals surface area (Å²) in [6, 6.07) is 28.6. The Labute approximate surface area is 624 Å². The molecule has 103 heavy (non-hydrogen) atoms. The van der Waals surface area contributed by atoms with Gasteiger partial charge in [0, 0.05) is 22.7 Å². The lowest BCUT2D eigenvalue weighted by Gasteiger charge is -2.38. The number of carbonyl (C=O) groups excluding carboxylic acids is 1. The molecule has 600 valence electrons. The third kappa shape index (κ3) is 76.5. The van der Waals surface area contributed by atoms with Crippen LogP contribution in [0.4, 0.5) is 33.2 Å². The molecule has 0 aliphatic rings. The summed E-state index contributed by atoms with van der Waals surface area (Å²) in [5.41, 5.74) is -0.350. The fraction of sp³-hybridized carbons (Fsp3) is 0.622. The molecule has 0 saturated carbocycles. The molecular formula is C74H136Cl2F3N6O18+5. The molecule has 0 bridgehead atoms. The van der Waals surface area contributed by atoms with Crippen LogP contribution in [0.25, 0.3) is 0 Å². The maximum absolute atomic E-state index is 11.6. The van der Waals surface area contributed by atoms with Gasteiger partial charge < -0.3 is 93.5 Å². The van der Waals surface area contributed by atoms with Crippen LogP contribution in [0.2, 0.25) is 10.0 Å². The number of quaternary nitrogens is 6. The number of ether oxygens (including phenoxy) is 1. The fourth-order valence-corrected chi connectivity index (χ4v) is 7.89. The van der Waals surface area contributed by atoms with Crippen molar-refractivity contribution in [2.45, 2.75) is 143 Å². The van der Waals surface area contributed by atoms with Crippen LogP contribution in [0.1, 0.15) is 118 Å². The van der Waals surface area contributed by atoms with E-state index in [1.807, 2.05) is 25.1 Å². The van der Waals surface area contributed by atoms with Crippen molar-refractivity contribution in [3.8, 4) is 23.0 Å². The molecule has 4 rings (SSSR count). The highest BCUT2D eigenvalue weighted by Crippen LogP contribution is 2.30. The molecule has 0 saturated heterocycles. The molecule has 0 amide bonds. The number of nitrogens with zero attached hydrogens (tertiary/aromatic N) is 6. The number of alkyl halides is 3. The molecule has 0 fully saturated rings. The van der Waals surface area contributed by atoms with Crippen molar-refractivity contribution in [3.05, 3.63) is 113 Å². The first-order chi connectivity index (χ1) is 46.5. The third-order valence-corrected chi connectivity index (χ3v) is 15.1. The van der Waals surface area contributed by atoms with Crippen molar-refractivity contribution in [2.24, 2.45) is 0 Å². The highest BCUT2D eigenvalue weighted by atomic mass is 35.5. The number of unbranched alkanes of at least 4 members (excludes halogenated alkanes) is 9. The van der Waals surface area contributed by atoms with E-state index in [0.717, 1.165) is 59.6 Å². The number of phenolic OH excluding ortho intramolecular Hbond substituents is 2. The van der Waals surface area contributed by atoms with Crippen LogP contribution >= 0.6 is 23.2 Å². The first-order valence-electron chi connectivity index (χ1n) is 33.7. The Kier molecular flexibility index (Phi) is 60.7. The Balaban J connectivity index is -0.000000207. The third-order valence-electron chi connectivity index (χ3n) is 14.6. The summed E-state index contributed by atoms with van der Waals surface area (Å²) in [6.45, 7) is 19.0. The predicted octanol–water partition coefficient (Wildman–Crippen LogP) is 13.5. The van der Waals surface area contributed by atoms with E-state index in [1.165, 1.54) is 120 Å². The molecule has 4 aromatic carbocycles. The number of benzene rings is 4. The second kappa shape index (κ2) is 56.9. The van der Waals surface area contributed by atoms with Crippen LogP contribution in [0.3, 0.4) is 0 Å².